The molecule has 0 aliphatic rings. The van der Waals surface area contributed by atoms with Gasteiger partial charge in [-0.1, -0.05) is 55.4 Å². The van der Waals surface area contributed by atoms with Crippen LogP contribution in [0.3, 0.4) is 0 Å². The number of pyridine rings is 1. The summed E-state index contributed by atoms with van der Waals surface area (Å²) in [5.41, 5.74) is 2.00. The zero-order chi connectivity index (χ0) is 16.7. The Morgan fingerprint density at radius 2 is 2.04 bits per heavy atom. The van der Waals surface area contributed by atoms with Gasteiger partial charge in [-0.05, 0) is 30.5 Å². The predicted octanol–water partition coefficient (Wildman–Crippen LogP) is 4.21. The van der Waals surface area contributed by atoms with Crippen molar-refractivity contribution >= 4 is 17.7 Å². The maximum Gasteiger partial charge on any atom is 0.321 e. The molecular weight excluding hydrogens is 308 g/mol. The van der Waals surface area contributed by atoms with Crippen molar-refractivity contribution in [2.75, 3.05) is 0 Å². The first kappa shape index (κ1) is 17.0. The fourth-order valence-electron chi connectivity index (χ4n) is 2.15. The van der Waals surface area contributed by atoms with Crippen LogP contribution in [0.25, 0.3) is 0 Å². The average molecular weight is 326 g/mol. The van der Waals surface area contributed by atoms with Crippen LogP contribution in [-0.4, -0.2) is 16.1 Å². The van der Waals surface area contributed by atoms with E-state index in [1.807, 2.05) is 24.3 Å². The molecule has 0 saturated heterocycles. The lowest BCUT2D eigenvalue weighted by Crippen LogP contribution is -2.09. The smallest absolute Gasteiger partial charge is 0.321 e. The van der Waals surface area contributed by atoms with Gasteiger partial charge in [-0.3, -0.25) is 4.79 Å². The van der Waals surface area contributed by atoms with Crippen LogP contribution in [0.2, 0.25) is 0 Å². The summed E-state index contributed by atoms with van der Waals surface area (Å²) >= 11 is 1.12. The normalized spacial score (nSPS) is 11.7. The summed E-state index contributed by atoms with van der Waals surface area (Å²) in [7, 11) is 0. The molecule has 0 bridgehead atoms. The summed E-state index contributed by atoms with van der Waals surface area (Å²) in [6, 6.07) is 14.7. The Balaban J connectivity index is 2.32. The van der Waals surface area contributed by atoms with Gasteiger partial charge in [-0.25, -0.2) is 4.98 Å². The summed E-state index contributed by atoms with van der Waals surface area (Å²) in [4.78, 5) is 16.1. The highest BCUT2D eigenvalue weighted by Crippen LogP contribution is 2.36. The minimum absolute atomic E-state index is 0.414. The lowest BCUT2D eigenvalue weighted by molar-refractivity contribution is -0.136. The van der Waals surface area contributed by atoms with E-state index in [2.05, 4.69) is 18.0 Å². The van der Waals surface area contributed by atoms with Gasteiger partial charge in [-0.15, -0.1) is 0 Å². The fourth-order valence-corrected chi connectivity index (χ4v) is 3.18. The highest BCUT2D eigenvalue weighted by molar-refractivity contribution is 8.00. The van der Waals surface area contributed by atoms with E-state index in [4.69, 9.17) is 0 Å². The molecule has 0 fully saturated rings. The first-order valence-electron chi connectivity index (χ1n) is 7.50. The monoisotopic (exact) mass is 326 g/mol. The van der Waals surface area contributed by atoms with Crippen molar-refractivity contribution in [1.82, 2.24) is 4.98 Å². The maximum atomic E-state index is 11.6. The molecule has 0 aliphatic carbocycles. The van der Waals surface area contributed by atoms with E-state index in [0.29, 0.717) is 16.2 Å². The molecule has 1 N–H and O–H groups in total. The number of benzene rings is 1. The molecule has 4 nitrogen and oxygen atoms in total. The van der Waals surface area contributed by atoms with Crippen LogP contribution in [-0.2, 0) is 11.2 Å². The van der Waals surface area contributed by atoms with Gasteiger partial charge in [0.2, 0.25) is 0 Å². The van der Waals surface area contributed by atoms with Crippen LogP contribution in [0.5, 0.6) is 0 Å². The number of thioether (sulfide) groups is 1. The van der Waals surface area contributed by atoms with Gasteiger partial charge in [0.15, 0.2) is 0 Å². The first-order valence-corrected chi connectivity index (χ1v) is 8.38. The number of aliphatic carboxylic acids is 1. The number of hydrogen-bond acceptors (Lipinski definition) is 4. The third-order valence-corrected chi connectivity index (χ3v) is 4.62. The molecule has 0 aliphatic heterocycles. The Labute approximate surface area is 140 Å². The van der Waals surface area contributed by atoms with Crippen LogP contribution in [0, 0.1) is 11.3 Å². The van der Waals surface area contributed by atoms with Crippen LogP contribution in [0.4, 0.5) is 0 Å². The standard InChI is InChI=1S/C18H18N2O2S/c1-2-3-9-15-11-10-14(12-19)17(20-15)23-16(18(21)22)13-7-5-4-6-8-13/h4-8,10-11,16H,2-3,9H2,1H3,(H,21,22). The van der Waals surface area contributed by atoms with Crippen molar-refractivity contribution in [3.63, 3.8) is 0 Å². The van der Waals surface area contributed by atoms with Crippen LogP contribution >= 0.6 is 11.8 Å². The van der Waals surface area contributed by atoms with Crippen molar-refractivity contribution in [3.05, 3.63) is 59.3 Å². The maximum absolute atomic E-state index is 11.6. The van der Waals surface area contributed by atoms with E-state index < -0.39 is 11.2 Å². The third-order valence-electron chi connectivity index (χ3n) is 3.38. The number of aromatic nitrogens is 1. The molecule has 0 spiro atoms. The molecule has 1 atom stereocenters. The van der Waals surface area contributed by atoms with Gasteiger partial charge >= 0.3 is 5.97 Å². The summed E-state index contributed by atoms with van der Waals surface area (Å²) in [6.07, 6.45) is 2.91. The first-order chi connectivity index (χ1) is 11.2. The number of rotatable bonds is 7. The number of aryl methyl sites for hydroxylation is 1. The SMILES string of the molecule is CCCCc1ccc(C#N)c(SC(C(=O)O)c2ccccc2)n1. The molecule has 118 valence electrons. The second-order valence-corrected chi connectivity index (χ2v) is 6.21. The van der Waals surface area contributed by atoms with Gasteiger partial charge in [0.1, 0.15) is 16.3 Å². The molecule has 5 heteroatoms. The second-order valence-electron chi connectivity index (χ2n) is 5.12. The van der Waals surface area contributed by atoms with E-state index in [0.717, 1.165) is 36.7 Å². The molecule has 2 aromatic rings. The Hall–Kier alpha value is -2.32. The Kier molecular flexibility index (Phi) is 6.19. The topological polar surface area (TPSA) is 74.0 Å². The van der Waals surface area contributed by atoms with Crippen LogP contribution in [0.1, 0.15) is 41.8 Å². The highest BCUT2D eigenvalue weighted by atomic mass is 32.2. The van der Waals surface area contributed by atoms with Gasteiger partial charge in [-0.2, -0.15) is 5.26 Å². The quantitative estimate of drug-likeness (QED) is 0.771. The van der Waals surface area contributed by atoms with E-state index in [9.17, 15) is 15.2 Å². The lowest BCUT2D eigenvalue weighted by Gasteiger charge is -2.13. The van der Waals surface area contributed by atoms with Crippen LogP contribution < -0.4 is 0 Å². The van der Waals surface area contributed by atoms with Crippen molar-refractivity contribution in [2.45, 2.75) is 36.5 Å². The van der Waals surface area contributed by atoms with Crippen molar-refractivity contribution in [2.24, 2.45) is 0 Å². The van der Waals surface area contributed by atoms with E-state index in [1.54, 1.807) is 18.2 Å². The van der Waals surface area contributed by atoms with Gasteiger partial charge in [0.05, 0.1) is 5.56 Å². The predicted molar refractivity (Wildman–Crippen MR) is 90.2 cm³/mol. The van der Waals surface area contributed by atoms with E-state index in [1.165, 1.54) is 0 Å². The Morgan fingerprint density at radius 3 is 2.65 bits per heavy atom. The van der Waals surface area contributed by atoms with Gasteiger partial charge < -0.3 is 5.11 Å². The molecule has 1 unspecified atom stereocenters. The number of nitrogens with zero attached hydrogens (tertiary/aromatic N) is 2. The number of hydrogen-bond donors (Lipinski definition) is 1. The molecular formula is C18H18N2O2S. The Morgan fingerprint density at radius 1 is 1.30 bits per heavy atom. The summed E-state index contributed by atoms with van der Waals surface area (Å²) in [5, 5.41) is 18.5. The fraction of sp³-hybridized carbons (Fsp3) is 0.278. The third kappa shape index (κ3) is 4.57. The molecule has 23 heavy (non-hydrogen) atoms. The molecule has 0 amide bonds. The average Bonchev–Trinajstić information content (AvgIpc) is 2.58. The van der Waals surface area contributed by atoms with Crippen molar-refractivity contribution < 1.29 is 9.90 Å². The van der Waals surface area contributed by atoms with Gasteiger partial charge in [0.25, 0.3) is 0 Å². The van der Waals surface area contributed by atoms with E-state index in [-0.39, 0.29) is 0 Å². The summed E-state index contributed by atoms with van der Waals surface area (Å²) in [5.74, 6) is -0.939. The number of nitriles is 1. The molecule has 2 rings (SSSR count). The second kappa shape index (κ2) is 8.35. The zero-order valence-electron chi connectivity index (χ0n) is 12.9. The minimum Gasteiger partial charge on any atom is -0.480 e. The van der Waals surface area contributed by atoms with Crippen molar-refractivity contribution in [1.29, 1.82) is 5.26 Å². The van der Waals surface area contributed by atoms with Crippen LogP contribution in [0.15, 0.2) is 47.5 Å². The number of unbranched alkanes of at least 4 members (excludes halogenated alkanes) is 1. The molecule has 0 radical (unpaired) electrons. The minimum atomic E-state index is -0.939. The van der Waals surface area contributed by atoms with Gasteiger partial charge in [0, 0.05) is 5.69 Å². The number of carbonyl (C=O) groups is 1. The molecule has 0 saturated carbocycles. The van der Waals surface area contributed by atoms with E-state index >= 15 is 0 Å². The molecule has 1 aromatic carbocycles. The lowest BCUT2D eigenvalue weighted by atomic mass is 10.1. The number of carboxylic acid groups (broad SMARTS) is 1. The van der Waals surface area contributed by atoms with Crippen molar-refractivity contribution in [3.8, 4) is 6.07 Å². The summed E-state index contributed by atoms with van der Waals surface area (Å²) in [6.45, 7) is 2.11. The Bertz CT molecular complexity index is 711. The zero-order valence-corrected chi connectivity index (χ0v) is 13.7. The summed E-state index contributed by atoms with van der Waals surface area (Å²) < 4.78 is 0. The largest absolute Gasteiger partial charge is 0.480 e. The molecule has 1 aromatic heterocycles. The number of carboxylic acids is 1. The highest BCUT2D eigenvalue weighted by Gasteiger charge is 2.23. The molecule has 1 heterocycles.